The van der Waals surface area contributed by atoms with E-state index < -0.39 is 12.7 Å². The topological polar surface area (TPSA) is 15.3 Å². The molecule has 1 saturated heterocycles. The third kappa shape index (κ3) is 4.82. The fourth-order valence-corrected chi connectivity index (χ4v) is 3.15. The van der Waals surface area contributed by atoms with Crippen molar-refractivity contribution in [2.45, 2.75) is 25.2 Å². The maximum atomic E-state index is 12.4. The average Bonchev–Trinajstić information content (AvgIpc) is 2.99. The Bertz CT molecular complexity index is 655. The van der Waals surface area contributed by atoms with Crippen LogP contribution in [0.1, 0.15) is 12.0 Å². The Morgan fingerprint density at radius 3 is 2.50 bits per heavy atom. The number of halogens is 3. The van der Waals surface area contributed by atoms with E-state index in [9.17, 15) is 13.2 Å². The molecule has 0 radical (unpaired) electrons. The predicted molar refractivity (Wildman–Crippen MR) is 89.6 cm³/mol. The summed E-state index contributed by atoms with van der Waals surface area (Å²) in [5, 5.41) is 3.38. The lowest BCUT2D eigenvalue weighted by Gasteiger charge is -2.18. The van der Waals surface area contributed by atoms with Gasteiger partial charge in [0.1, 0.15) is 0 Å². The number of nitrogens with one attached hydrogen (secondary N) is 1. The molecule has 1 N–H and O–H groups in total. The Morgan fingerprint density at radius 2 is 1.75 bits per heavy atom. The molecule has 0 aromatic heterocycles. The first-order valence-electron chi connectivity index (χ1n) is 8.16. The van der Waals surface area contributed by atoms with Gasteiger partial charge in [0.2, 0.25) is 0 Å². The number of hydrogen-bond donors (Lipinski definition) is 1. The average molecular weight is 334 g/mol. The van der Waals surface area contributed by atoms with Crippen molar-refractivity contribution in [3.63, 3.8) is 0 Å². The van der Waals surface area contributed by atoms with Gasteiger partial charge in [0.15, 0.2) is 0 Å². The van der Waals surface area contributed by atoms with Gasteiger partial charge in [-0.2, -0.15) is 13.2 Å². The molecule has 0 aliphatic carbocycles. The Kier molecular flexibility index (Phi) is 5.21. The number of nitrogens with zero attached hydrogens (tertiary/aromatic N) is 1. The van der Waals surface area contributed by atoms with Crippen molar-refractivity contribution in [3.05, 3.63) is 60.2 Å². The Hall–Kier alpha value is -1.85. The highest BCUT2D eigenvalue weighted by atomic mass is 19.4. The lowest BCUT2D eigenvalue weighted by atomic mass is 10.0. The zero-order valence-electron chi connectivity index (χ0n) is 13.4. The Balaban J connectivity index is 1.54. The van der Waals surface area contributed by atoms with Gasteiger partial charge in [0, 0.05) is 25.7 Å². The molecular formula is C19H21F3N2. The normalized spacial score (nSPS) is 18.9. The third-order valence-corrected chi connectivity index (χ3v) is 4.30. The van der Waals surface area contributed by atoms with Crippen LogP contribution in [0.3, 0.4) is 0 Å². The second kappa shape index (κ2) is 7.36. The third-order valence-electron chi connectivity index (χ3n) is 4.30. The van der Waals surface area contributed by atoms with Crippen LogP contribution >= 0.6 is 0 Å². The Labute approximate surface area is 140 Å². The van der Waals surface area contributed by atoms with Crippen LogP contribution in [0.2, 0.25) is 0 Å². The molecule has 0 spiro atoms. The maximum Gasteiger partial charge on any atom is 0.401 e. The molecule has 1 aliphatic heterocycles. The second-order valence-corrected chi connectivity index (χ2v) is 6.28. The van der Waals surface area contributed by atoms with E-state index >= 15 is 0 Å². The summed E-state index contributed by atoms with van der Waals surface area (Å²) in [6.07, 6.45) is -3.35. The summed E-state index contributed by atoms with van der Waals surface area (Å²) in [4.78, 5) is 1.47. The molecule has 0 amide bonds. The van der Waals surface area contributed by atoms with Gasteiger partial charge in [0.05, 0.1) is 6.54 Å². The van der Waals surface area contributed by atoms with Gasteiger partial charge in [-0.05, 0) is 29.2 Å². The lowest BCUT2D eigenvalue weighted by Crippen LogP contribution is -2.36. The summed E-state index contributed by atoms with van der Waals surface area (Å²) in [6.45, 7) is 0.818. The number of hydrogen-bond acceptors (Lipinski definition) is 2. The van der Waals surface area contributed by atoms with Crippen LogP contribution in [0.15, 0.2) is 54.6 Å². The molecule has 5 heteroatoms. The molecule has 0 saturated carbocycles. The quantitative estimate of drug-likeness (QED) is 0.886. The molecule has 2 aromatic rings. The van der Waals surface area contributed by atoms with Crippen molar-refractivity contribution >= 4 is 0 Å². The van der Waals surface area contributed by atoms with Crippen molar-refractivity contribution in [3.8, 4) is 11.1 Å². The molecule has 3 rings (SSSR count). The van der Waals surface area contributed by atoms with Crippen molar-refractivity contribution < 1.29 is 13.2 Å². The van der Waals surface area contributed by atoms with Gasteiger partial charge in [0.25, 0.3) is 0 Å². The summed E-state index contributed by atoms with van der Waals surface area (Å²) >= 11 is 0. The fraction of sp³-hybridized carbons (Fsp3) is 0.368. The largest absolute Gasteiger partial charge is 0.401 e. The fourth-order valence-electron chi connectivity index (χ4n) is 3.15. The van der Waals surface area contributed by atoms with Crippen LogP contribution in [0.5, 0.6) is 0 Å². The molecule has 24 heavy (non-hydrogen) atoms. The molecule has 1 aliphatic rings. The number of benzene rings is 2. The SMILES string of the molecule is FC(F)(F)CN1CCC(NCc2cccc(-c3ccccc3)c2)C1. The summed E-state index contributed by atoms with van der Waals surface area (Å²) < 4.78 is 37.3. The molecule has 2 nitrogen and oxygen atoms in total. The lowest BCUT2D eigenvalue weighted by molar-refractivity contribution is -0.143. The maximum absolute atomic E-state index is 12.4. The highest BCUT2D eigenvalue weighted by molar-refractivity contribution is 5.63. The van der Waals surface area contributed by atoms with Crippen LogP contribution < -0.4 is 5.32 Å². The standard InChI is InChI=1S/C19H21F3N2/c20-19(21,22)14-24-10-9-18(13-24)23-12-15-5-4-8-17(11-15)16-6-2-1-3-7-16/h1-8,11,18,23H,9-10,12-14H2. The van der Waals surface area contributed by atoms with Gasteiger partial charge in [-0.3, -0.25) is 4.90 Å². The van der Waals surface area contributed by atoms with Crippen molar-refractivity contribution in [2.75, 3.05) is 19.6 Å². The van der Waals surface area contributed by atoms with Gasteiger partial charge in [-0.1, -0.05) is 48.5 Å². The molecule has 128 valence electrons. The van der Waals surface area contributed by atoms with E-state index in [0.717, 1.165) is 23.1 Å². The van der Waals surface area contributed by atoms with E-state index in [-0.39, 0.29) is 6.04 Å². The zero-order chi connectivity index (χ0) is 17.0. The van der Waals surface area contributed by atoms with Crippen molar-refractivity contribution in [2.24, 2.45) is 0 Å². The second-order valence-electron chi connectivity index (χ2n) is 6.28. The van der Waals surface area contributed by atoms with Gasteiger partial charge < -0.3 is 5.32 Å². The first-order valence-corrected chi connectivity index (χ1v) is 8.16. The van der Waals surface area contributed by atoms with Crippen LogP contribution in [-0.2, 0) is 6.54 Å². The Morgan fingerprint density at radius 1 is 1.00 bits per heavy atom. The van der Waals surface area contributed by atoms with E-state index in [0.29, 0.717) is 19.6 Å². The van der Waals surface area contributed by atoms with Crippen molar-refractivity contribution in [1.82, 2.24) is 10.2 Å². The molecule has 1 heterocycles. The van der Waals surface area contributed by atoms with Crippen LogP contribution in [0, 0.1) is 0 Å². The highest BCUT2D eigenvalue weighted by Gasteiger charge is 2.34. The molecule has 0 bridgehead atoms. The van der Waals surface area contributed by atoms with E-state index in [1.807, 2.05) is 30.3 Å². The highest BCUT2D eigenvalue weighted by Crippen LogP contribution is 2.22. The molecule has 1 fully saturated rings. The van der Waals surface area contributed by atoms with E-state index in [2.05, 4.69) is 29.6 Å². The smallest absolute Gasteiger partial charge is 0.309 e. The summed E-state index contributed by atoms with van der Waals surface area (Å²) in [5.74, 6) is 0. The zero-order valence-corrected chi connectivity index (χ0v) is 13.4. The molecule has 1 atom stereocenters. The van der Waals surface area contributed by atoms with Gasteiger partial charge in [-0.25, -0.2) is 0 Å². The minimum Gasteiger partial charge on any atom is -0.309 e. The predicted octanol–water partition coefficient (Wildman–Crippen LogP) is 4.08. The molecular weight excluding hydrogens is 313 g/mol. The van der Waals surface area contributed by atoms with E-state index in [4.69, 9.17) is 0 Å². The summed E-state index contributed by atoms with van der Waals surface area (Å²) in [7, 11) is 0. The first-order chi connectivity index (χ1) is 11.5. The van der Waals surface area contributed by atoms with Crippen LogP contribution in [0.25, 0.3) is 11.1 Å². The molecule has 1 unspecified atom stereocenters. The monoisotopic (exact) mass is 334 g/mol. The van der Waals surface area contributed by atoms with Crippen LogP contribution in [-0.4, -0.2) is 36.8 Å². The molecule has 2 aromatic carbocycles. The van der Waals surface area contributed by atoms with E-state index in [1.54, 1.807) is 0 Å². The van der Waals surface area contributed by atoms with E-state index in [1.165, 1.54) is 4.90 Å². The number of likely N-dealkylation sites (tertiary alicyclic amines) is 1. The van der Waals surface area contributed by atoms with Gasteiger partial charge in [-0.15, -0.1) is 0 Å². The first kappa shape index (κ1) is 17.0. The van der Waals surface area contributed by atoms with Crippen LogP contribution in [0.4, 0.5) is 13.2 Å². The number of rotatable bonds is 5. The van der Waals surface area contributed by atoms with Crippen molar-refractivity contribution in [1.29, 1.82) is 0 Å². The minimum absolute atomic E-state index is 0.118. The minimum atomic E-state index is -4.11. The number of alkyl halides is 3. The van der Waals surface area contributed by atoms with Gasteiger partial charge >= 0.3 is 6.18 Å². The summed E-state index contributed by atoms with van der Waals surface area (Å²) in [6, 6.07) is 18.5. The summed E-state index contributed by atoms with van der Waals surface area (Å²) in [5.41, 5.74) is 3.46.